The van der Waals surface area contributed by atoms with Gasteiger partial charge in [0.15, 0.2) is 5.78 Å². The maximum Gasteiger partial charge on any atom is 0.185 e. The Balaban J connectivity index is 1.62. The summed E-state index contributed by atoms with van der Waals surface area (Å²) in [6.45, 7) is 0. The normalized spacial score (nSPS) is 20.8. The summed E-state index contributed by atoms with van der Waals surface area (Å²) in [7, 11) is 0. The van der Waals surface area contributed by atoms with E-state index in [2.05, 4.69) is 9.97 Å². The summed E-state index contributed by atoms with van der Waals surface area (Å²) in [5.74, 6) is -3.22. The molecule has 1 saturated carbocycles. The Bertz CT molecular complexity index is 1130. The molecule has 0 radical (unpaired) electrons. The summed E-state index contributed by atoms with van der Waals surface area (Å²) in [5.41, 5.74) is 6.34. The second-order valence-electron chi connectivity index (χ2n) is 8.04. The van der Waals surface area contributed by atoms with Gasteiger partial charge in [0.05, 0.1) is 11.7 Å². The van der Waals surface area contributed by atoms with Crippen LogP contribution in [-0.4, -0.2) is 33.0 Å². The number of rotatable bonds is 5. The first-order chi connectivity index (χ1) is 15.3. The van der Waals surface area contributed by atoms with E-state index in [1.807, 2.05) is 6.07 Å². The number of nitrogens with two attached hydrogens (primary N) is 1. The van der Waals surface area contributed by atoms with Crippen LogP contribution in [-0.2, 0) is 6.42 Å². The molecule has 8 heteroatoms. The van der Waals surface area contributed by atoms with E-state index in [-0.39, 0.29) is 24.1 Å². The monoisotopic (exact) mass is 441 g/mol. The molecule has 0 bridgehead atoms. The van der Waals surface area contributed by atoms with E-state index in [0.29, 0.717) is 18.4 Å². The standard InChI is InChI=1S/C24H22F3N3O2/c25-16-2-1-3-17(26)23(16)24-18(27)5-6-20(30-24)22(32)11-14-12-29-9-8-15(14)13-4-7-21(31)19(28)10-13/h1-3,5-6,8-9,12-13,19,21,31H,4,7,10-11,28H2. The highest BCUT2D eigenvalue weighted by Crippen LogP contribution is 2.34. The molecule has 3 atom stereocenters. The molecule has 5 nitrogen and oxygen atoms in total. The number of carbonyl (C=O) groups is 1. The Morgan fingerprint density at radius 2 is 1.81 bits per heavy atom. The smallest absolute Gasteiger partial charge is 0.185 e. The van der Waals surface area contributed by atoms with Crippen molar-refractivity contribution in [2.24, 2.45) is 5.73 Å². The molecule has 0 spiro atoms. The van der Waals surface area contributed by atoms with Crippen molar-refractivity contribution >= 4 is 5.78 Å². The molecule has 1 aromatic carbocycles. The first-order valence-electron chi connectivity index (χ1n) is 10.4. The number of nitrogens with zero attached hydrogens (tertiary/aromatic N) is 2. The van der Waals surface area contributed by atoms with Crippen molar-refractivity contribution in [1.82, 2.24) is 9.97 Å². The lowest BCUT2D eigenvalue weighted by Crippen LogP contribution is -2.39. The number of carbonyl (C=O) groups excluding carboxylic acids is 1. The van der Waals surface area contributed by atoms with Crippen LogP contribution in [0, 0.1) is 17.5 Å². The first-order valence-corrected chi connectivity index (χ1v) is 10.4. The van der Waals surface area contributed by atoms with E-state index in [1.54, 1.807) is 12.4 Å². The number of ketones is 1. The van der Waals surface area contributed by atoms with Gasteiger partial charge in [0.25, 0.3) is 0 Å². The van der Waals surface area contributed by atoms with Crippen LogP contribution < -0.4 is 5.73 Å². The Morgan fingerprint density at radius 3 is 2.53 bits per heavy atom. The van der Waals surface area contributed by atoms with Gasteiger partial charge in [-0.1, -0.05) is 6.07 Å². The van der Waals surface area contributed by atoms with Crippen LogP contribution in [0.5, 0.6) is 0 Å². The lowest BCUT2D eigenvalue weighted by molar-refractivity contribution is 0.0977. The van der Waals surface area contributed by atoms with Crippen LogP contribution in [0.2, 0.25) is 0 Å². The molecule has 4 rings (SSSR count). The number of hydrogen-bond donors (Lipinski definition) is 2. The van der Waals surface area contributed by atoms with Gasteiger partial charge in [-0.3, -0.25) is 9.78 Å². The van der Waals surface area contributed by atoms with Gasteiger partial charge in [0.1, 0.15) is 28.8 Å². The average Bonchev–Trinajstić information content (AvgIpc) is 2.77. The lowest BCUT2D eigenvalue weighted by atomic mass is 9.78. The molecular weight excluding hydrogens is 419 g/mol. The summed E-state index contributed by atoms with van der Waals surface area (Å²) in [6, 6.07) is 6.83. The summed E-state index contributed by atoms with van der Waals surface area (Å²) in [5, 5.41) is 9.90. The summed E-state index contributed by atoms with van der Waals surface area (Å²) < 4.78 is 42.6. The minimum absolute atomic E-state index is 0.0602. The van der Waals surface area contributed by atoms with Gasteiger partial charge >= 0.3 is 0 Å². The summed E-state index contributed by atoms with van der Waals surface area (Å²) in [4.78, 5) is 21.0. The molecular formula is C24H22F3N3O2. The quantitative estimate of drug-likeness (QED) is 0.586. The fourth-order valence-corrected chi connectivity index (χ4v) is 4.22. The Morgan fingerprint density at radius 1 is 1.06 bits per heavy atom. The molecule has 3 N–H and O–H groups in total. The maximum absolute atomic E-state index is 14.3. The largest absolute Gasteiger partial charge is 0.392 e. The Hall–Kier alpha value is -3.10. The zero-order chi connectivity index (χ0) is 22.8. The van der Waals surface area contributed by atoms with Crippen LogP contribution in [0.1, 0.15) is 46.8 Å². The van der Waals surface area contributed by atoms with E-state index < -0.39 is 40.6 Å². The van der Waals surface area contributed by atoms with Crippen molar-refractivity contribution in [3.63, 3.8) is 0 Å². The number of aliphatic hydroxyl groups is 1. The molecule has 0 aliphatic heterocycles. The molecule has 2 aromatic heterocycles. The van der Waals surface area contributed by atoms with Crippen molar-refractivity contribution in [2.75, 3.05) is 0 Å². The summed E-state index contributed by atoms with van der Waals surface area (Å²) in [6.07, 6.45) is 4.50. The van der Waals surface area contributed by atoms with Gasteiger partial charge in [0, 0.05) is 24.9 Å². The van der Waals surface area contributed by atoms with Gasteiger partial charge in [-0.05, 0) is 66.6 Å². The lowest BCUT2D eigenvalue weighted by Gasteiger charge is -2.32. The predicted octanol–water partition coefficient (Wildman–Crippen LogP) is 3.94. The third-order valence-corrected chi connectivity index (χ3v) is 5.93. The number of Topliss-reactive ketones (excluding diaryl/α,β-unsaturated/α-hetero) is 1. The fourth-order valence-electron chi connectivity index (χ4n) is 4.22. The second kappa shape index (κ2) is 9.18. The average molecular weight is 441 g/mol. The molecule has 1 fully saturated rings. The first kappa shape index (κ1) is 22.1. The third kappa shape index (κ3) is 4.42. The second-order valence-corrected chi connectivity index (χ2v) is 8.04. The van der Waals surface area contributed by atoms with Crippen molar-refractivity contribution in [3.05, 3.63) is 83.1 Å². The Labute approximate surface area is 183 Å². The SMILES string of the molecule is NC1CC(c2ccncc2CC(=O)c2ccc(F)c(-c3c(F)cccc3F)n2)CCC1O. The van der Waals surface area contributed by atoms with E-state index in [0.717, 1.165) is 30.2 Å². The fraction of sp³-hybridized carbons (Fsp3) is 0.292. The molecule has 0 saturated heterocycles. The number of halogens is 3. The highest BCUT2D eigenvalue weighted by atomic mass is 19.1. The van der Waals surface area contributed by atoms with Gasteiger partial charge in [0.2, 0.25) is 0 Å². The molecule has 0 amide bonds. The van der Waals surface area contributed by atoms with E-state index >= 15 is 0 Å². The zero-order valence-electron chi connectivity index (χ0n) is 17.1. The third-order valence-electron chi connectivity index (χ3n) is 5.93. The number of aromatic nitrogens is 2. The minimum atomic E-state index is -0.966. The van der Waals surface area contributed by atoms with E-state index in [1.165, 1.54) is 12.1 Å². The molecule has 166 valence electrons. The summed E-state index contributed by atoms with van der Waals surface area (Å²) >= 11 is 0. The highest BCUT2D eigenvalue weighted by Gasteiger charge is 2.29. The molecule has 3 unspecified atom stereocenters. The number of pyridine rings is 2. The van der Waals surface area contributed by atoms with Crippen LogP contribution in [0.4, 0.5) is 13.2 Å². The maximum atomic E-state index is 14.3. The molecule has 2 heterocycles. The van der Waals surface area contributed by atoms with Gasteiger partial charge in [-0.25, -0.2) is 18.2 Å². The molecule has 32 heavy (non-hydrogen) atoms. The van der Waals surface area contributed by atoms with Crippen molar-refractivity contribution in [2.45, 2.75) is 43.7 Å². The number of benzene rings is 1. The predicted molar refractivity (Wildman–Crippen MR) is 112 cm³/mol. The minimum Gasteiger partial charge on any atom is -0.392 e. The van der Waals surface area contributed by atoms with Crippen molar-refractivity contribution in [3.8, 4) is 11.3 Å². The van der Waals surface area contributed by atoms with E-state index in [4.69, 9.17) is 5.73 Å². The molecule has 1 aliphatic carbocycles. The topological polar surface area (TPSA) is 89.1 Å². The Kier molecular flexibility index (Phi) is 6.34. The van der Waals surface area contributed by atoms with E-state index in [9.17, 15) is 23.1 Å². The molecule has 3 aromatic rings. The van der Waals surface area contributed by atoms with Crippen LogP contribution in [0.25, 0.3) is 11.3 Å². The van der Waals surface area contributed by atoms with Crippen molar-refractivity contribution < 1.29 is 23.1 Å². The van der Waals surface area contributed by atoms with Gasteiger partial charge in [-0.2, -0.15) is 0 Å². The van der Waals surface area contributed by atoms with Crippen LogP contribution >= 0.6 is 0 Å². The van der Waals surface area contributed by atoms with Gasteiger partial charge in [-0.15, -0.1) is 0 Å². The molecule has 1 aliphatic rings. The number of hydrogen-bond acceptors (Lipinski definition) is 5. The zero-order valence-corrected chi connectivity index (χ0v) is 17.1. The van der Waals surface area contributed by atoms with Crippen LogP contribution in [0.3, 0.4) is 0 Å². The van der Waals surface area contributed by atoms with Crippen molar-refractivity contribution in [1.29, 1.82) is 0 Å². The highest BCUT2D eigenvalue weighted by molar-refractivity contribution is 5.96. The van der Waals surface area contributed by atoms with Gasteiger partial charge < -0.3 is 10.8 Å². The van der Waals surface area contributed by atoms with Crippen LogP contribution in [0.15, 0.2) is 48.8 Å². The number of aliphatic hydroxyl groups excluding tert-OH is 1.